The van der Waals surface area contributed by atoms with E-state index in [4.69, 9.17) is 18.6 Å². The van der Waals surface area contributed by atoms with Crippen LogP contribution in [0.5, 0.6) is 17.2 Å². The first-order chi connectivity index (χ1) is 13.2. The summed E-state index contributed by atoms with van der Waals surface area (Å²) in [5.41, 5.74) is 0.936. The normalized spacial score (nSPS) is 14.2. The number of urea groups is 1. The van der Waals surface area contributed by atoms with Gasteiger partial charge in [0.05, 0.1) is 25.9 Å². The fourth-order valence-corrected chi connectivity index (χ4v) is 3.40. The summed E-state index contributed by atoms with van der Waals surface area (Å²) >= 11 is 0. The molecule has 2 aromatic rings. The van der Waals surface area contributed by atoms with E-state index in [9.17, 15) is 4.79 Å². The van der Waals surface area contributed by atoms with Gasteiger partial charge >= 0.3 is 6.03 Å². The fourth-order valence-electron chi connectivity index (χ4n) is 3.40. The van der Waals surface area contributed by atoms with Gasteiger partial charge in [0.25, 0.3) is 0 Å². The van der Waals surface area contributed by atoms with Crippen LogP contribution in [0.25, 0.3) is 11.0 Å². The van der Waals surface area contributed by atoms with E-state index >= 15 is 0 Å². The maximum Gasteiger partial charge on any atom is 0.319 e. The molecule has 0 bridgehead atoms. The minimum Gasteiger partial charge on any atom is -0.494 e. The average Bonchev–Trinajstić information content (AvgIpc) is 3.18. The second-order valence-electron chi connectivity index (χ2n) is 6.39. The second-order valence-corrected chi connectivity index (χ2v) is 6.39. The summed E-state index contributed by atoms with van der Waals surface area (Å²) in [6, 6.07) is 1.39. The molecular formula is C19H28ClN3O5. The van der Waals surface area contributed by atoms with Gasteiger partial charge < -0.3 is 29.3 Å². The van der Waals surface area contributed by atoms with E-state index in [0.29, 0.717) is 40.5 Å². The summed E-state index contributed by atoms with van der Waals surface area (Å²) in [5.74, 6) is 1.30. The highest BCUT2D eigenvalue weighted by atomic mass is 35.5. The highest BCUT2D eigenvalue weighted by Crippen LogP contribution is 2.49. The van der Waals surface area contributed by atoms with Crippen molar-refractivity contribution in [2.24, 2.45) is 0 Å². The Labute approximate surface area is 170 Å². The molecule has 1 aliphatic heterocycles. The number of nitrogens with one attached hydrogen (secondary N) is 2. The van der Waals surface area contributed by atoms with Crippen molar-refractivity contribution in [2.75, 3.05) is 52.8 Å². The van der Waals surface area contributed by atoms with Crippen molar-refractivity contribution in [3.63, 3.8) is 0 Å². The Morgan fingerprint density at radius 3 is 2.50 bits per heavy atom. The Hall–Kier alpha value is -2.32. The number of methoxy groups -OCH3 is 2. The van der Waals surface area contributed by atoms with Crippen LogP contribution in [0.1, 0.15) is 19.3 Å². The van der Waals surface area contributed by atoms with E-state index in [-0.39, 0.29) is 18.4 Å². The number of nitrogens with zero attached hydrogens (tertiary/aromatic N) is 1. The van der Waals surface area contributed by atoms with Gasteiger partial charge in [0, 0.05) is 13.6 Å². The van der Waals surface area contributed by atoms with Crippen molar-refractivity contribution in [2.45, 2.75) is 19.3 Å². The molecule has 0 saturated carbocycles. The monoisotopic (exact) mass is 413 g/mol. The van der Waals surface area contributed by atoms with Gasteiger partial charge in [-0.1, -0.05) is 6.42 Å². The summed E-state index contributed by atoms with van der Waals surface area (Å²) in [7, 11) is 4.64. The predicted octanol–water partition coefficient (Wildman–Crippen LogP) is 3.49. The van der Waals surface area contributed by atoms with Crippen molar-refractivity contribution in [3.8, 4) is 17.2 Å². The molecule has 2 heterocycles. The van der Waals surface area contributed by atoms with E-state index in [1.165, 1.54) is 19.3 Å². The van der Waals surface area contributed by atoms with Gasteiger partial charge in [-0.25, -0.2) is 4.79 Å². The third kappa shape index (κ3) is 4.56. The van der Waals surface area contributed by atoms with Crippen molar-refractivity contribution < 1.29 is 23.4 Å². The highest BCUT2D eigenvalue weighted by Gasteiger charge is 2.26. The average molecular weight is 414 g/mol. The first-order valence-corrected chi connectivity index (χ1v) is 9.18. The summed E-state index contributed by atoms with van der Waals surface area (Å²) < 4.78 is 22.8. The number of furan rings is 1. The summed E-state index contributed by atoms with van der Waals surface area (Å²) in [5, 5.41) is 6.03. The Kier molecular flexibility index (Phi) is 8.07. The maximum absolute atomic E-state index is 12.0. The van der Waals surface area contributed by atoms with E-state index < -0.39 is 0 Å². The van der Waals surface area contributed by atoms with Gasteiger partial charge in [0.2, 0.25) is 5.75 Å². The number of anilines is 1. The quantitative estimate of drug-likeness (QED) is 0.722. The molecule has 1 aromatic carbocycles. The molecule has 1 saturated heterocycles. The number of hydrogen-bond acceptors (Lipinski definition) is 6. The van der Waals surface area contributed by atoms with Crippen molar-refractivity contribution in [3.05, 3.63) is 12.3 Å². The molecule has 0 unspecified atom stereocenters. The summed E-state index contributed by atoms with van der Waals surface area (Å²) in [4.78, 5) is 14.4. The third-order valence-electron chi connectivity index (χ3n) is 4.75. The van der Waals surface area contributed by atoms with Crippen LogP contribution in [0.15, 0.2) is 16.7 Å². The number of likely N-dealkylation sites (tertiary alicyclic amines) is 1. The standard InChI is InChI=1S/C19H27N3O5.ClH/c1-20-19(23)21-14-15(24-2)13-7-11-26-16(13)18(25-3)17(14)27-12-10-22-8-5-4-6-9-22;/h7,11H,4-6,8-10,12H2,1-3H3,(H2,20,21,23);1H. The van der Waals surface area contributed by atoms with Gasteiger partial charge in [0.15, 0.2) is 17.1 Å². The van der Waals surface area contributed by atoms with E-state index in [1.54, 1.807) is 33.6 Å². The first-order valence-electron chi connectivity index (χ1n) is 9.18. The number of amides is 2. The number of halogens is 1. The summed E-state index contributed by atoms with van der Waals surface area (Å²) in [6.07, 6.45) is 5.28. The first kappa shape index (κ1) is 22.0. The number of fused-ring (bicyclic) bond motifs is 1. The molecule has 0 radical (unpaired) electrons. The van der Waals surface area contributed by atoms with E-state index in [1.807, 2.05) is 0 Å². The topological polar surface area (TPSA) is 85.2 Å². The largest absolute Gasteiger partial charge is 0.494 e. The zero-order valence-corrected chi connectivity index (χ0v) is 17.3. The molecule has 0 spiro atoms. The number of benzene rings is 1. The molecule has 2 N–H and O–H groups in total. The van der Waals surface area contributed by atoms with Crippen LogP contribution >= 0.6 is 12.4 Å². The molecule has 3 rings (SSSR count). The number of carbonyl (C=O) groups excluding carboxylic acids is 1. The zero-order chi connectivity index (χ0) is 19.2. The van der Waals surface area contributed by atoms with Gasteiger partial charge in [0.1, 0.15) is 12.3 Å². The molecule has 1 aliphatic rings. The lowest BCUT2D eigenvalue weighted by molar-refractivity contribution is 0.181. The fraction of sp³-hybridized carbons (Fsp3) is 0.526. The van der Waals surface area contributed by atoms with Crippen LogP contribution in [0.2, 0.25) is 0 Å². The molecule has 0 atom stereocenters. The molecule has 2 amide bonds. The predicted molar refractivity (Wildman–Crippen MR) is 110 cm³/mol. The third-order valence-corrected chi connectivity index (χ3v) is 4.75. The Balaban J connectivity index is 0.00000280. The van der Waals surface area contributed by atoms with Crippen LogP contribution in [0, 0.1) is 0 Å². The molecule has 8 nitrogen and oxygen atoms in total. The number of ether oxygens (including phenoxy) is 3. The molecule has 1 aromatic heterocycles. The number of hydrogen-bond donors (Lipinski definition) is 2. The van der Waals surface area contributed by atoms with Gasteiger partial charge in [-0.2, -0.15) is 0 Å². The zero-order valence-electron chi connectivity index (χ0n) is 16.5. The highest BCUT2D eigenvalue weighted by molar-refractivity contribution is 6.03. The molecule has 156 valence electrons. The van der Waals surface area contributed by atoms with Crippen LogP contribution in [-0.2, 0) is 0 Å². The molecule has 0 aliphatic carbocycles. The van der Waals surface area contributed by atoms with E-state index in [0.717, 1.165) is 19.6 Å². The van der Waals surface area contributed by atoms with Crippen LogP contribution < -0.4 is 24.8 Å². The van der Waals surface area contributed by atoms with Crippen molar-refractivity contribution in [1.29, 1.82) is 0 Å². The maximum atomic E-state index is 12.0. The number of rotatable bonds is 7. The Bertz CT molecular complexity index is 789. The summed E-state index contributed by atoms with van der Waals surface area (Å²) in [6.45, 7) is 3.45. The van der Waals surface area contributed by atoms with Gasteiger partial charge in [-0.15, -0.1) is 12.4 Å². The van der Waals surface area contributed by atoms with Crippen LogP contribution in [-0.4, -0.2) is 58.4 Å². The lowest BCUT2D eigenvalue weighted by atomic mass is 10.1. The van der Waals surface area contributed by atoms with E-state index in [2.05, 4.69) is 15.5 Å². The Morgan fingerprint density at radius 2 is 1.86 bits per heavy atom. The van der Waals surface area contributed by atoms with Gasteiger partial charge in [-0.3, -0.25) is 4.90 Å². The van der Waals surface area contributed by atoms with Crippen molar-refractivity contribution >= 4 is 35.1 Å². The lowest BCUT2D eigenvalue weighted by Gasteiger charge is -2.26. The van der Waals surface area contributed by atoms with Crippen LogP contribution in [0.3, 0.4) is 0 Å². The molecule has 28 heavy (non-hydrogen) atoms. The SMILES string of the molecule is CNC(=O)Nc1c(OCCN2CCCCC2)c(OC)c2occc2c1OC.Cl. The number of carbonyl (C=O) groups is 1. The molecule has 9 heteroatoms. The minimum absolute atomic E-state index is 0. The lowest BCUT2D eigenvalue weighted by Crippen LogP contribution is -2.33. The molecular weight excluding hydrogens is 386 g/mol. The Morgan fingerprint density at radius 1 is 1.14 bits per heavy atom. The number of piperidine rings is 1. The molecule has 1 fully saturated rings. The smallest absolute Gasteiger partial charge is 0.319 e. The minimum atomic E-state index is -0.376. The second kappa shape index (κ2) is 10.3. The van der Waals surface area contributed by atoms with Crippen LogP contribution in [0.4, 0.5) is 10.5 Å². The van der Waals surface area contributed by atoms with Gasteiger partial charge in [-0.05, 0) is 32.0 Å². The van der Waals surface area contributed by atoms with Crippen molar-refractivity contribution in [1.82, 2.24) is 10.2 Å².